The first kappa shape index (κ1) is 14.8. The molecule has 0 fully saturated rings. The number of hydrogen-bond acceptors (Lipinski definition) is 6. The first-order chi connectivity index (χ1) is 8.73. The molecule has 0 amide bonds. The van der Waals surface area contributed by atoms with Crippen molar-refractivity contribution in [2.24, 2.45) is 0 Å². The van der Waals surface area contributed by atoms with Crippen LogP contribution in [0.1, 0.15) is 18.1 Å². The molecule has 0 heterocycles. The van der Waals surface area contributed by atoms with Crippen molar-refractivity contribution in [3.8, 4) is 0 Å². The Kier molecular flexibility index (Phi) is 4.35. The molecule has 0 radical (unpaired) electrons. The molecule has 1 aromatic carbocycles. The maximum Gasteiger partial charge on any atom is 0.306 e. The van der Waals surface area contributed by atoms with Crippen LogP contribution in [0.15, 0.2) is 12.1 Å². The van der Waals surface area contributed by atoms with Gasteiger partial charge in [-0.25, -0.2) is 4.39 Å². The normalized spacial score (nSPS) is 13.8. The number of carboxylic acids is 1. The van der Waals surface area contributed by atoms with E-state index in [1.807, 2.05) is 0 Å². The third kappa shape index (κ3) is 3.36. The minimum atomic E-state index is -1.84. The van der Waals surface area contributed by atoms with E-state index < -0.39 is 52.3 Å². The lowest BCUT2D eigenvalue weighted by Crippen LogP contribution is -2.23. The fourth-order valence-corrected chi connectivity index (χ4v) is 1.47. The molecule has 0 aromatic heterocycles. The number of aliphatic carboxylic acids is 1. The second-order valence-corrected chi connectivity index (χ2v) is 3.80. The zero-order valence-corrected chi connectivity index (χ0v) is 9.49. The Hall–Kier alpha value is -2.26. The largest absolute Gasteiger partial charge is 0.481 e. The molecule has 0 spiro atoms. The van der Waals surface area contributed by atoms with Crippen LogP contribution in [-0.4, -0.2) is 32.3 Å². The fourth-order valence-electron chi connectivity index (χ4n) is 1.47. The molecule has 1 rings (SSSR count). The highest BCUT2D eigenvalue weighted by Crippen LogP contribution is 2.30. The summed E-state index contributed by atoms with van der Waals surface area (Å²) < 4.78 is 13.3. The van der Waals surface area contributed by atoms with E-state index in [4.69, 9.17) is 10.8 Å². The molecule has 0 saturated heterocycles. The average molecular weight is 274 g/mol. The van der Waals surface area contributed by atoms with Crippen molar-refractivity contribution in [1.29, 1.82) is 0 Å². The lowest BCUT2D eigenvalue weighted by Gasteiger charge is -2.18. The number of nitrogens with zero attached hydrogens (tertiary/aromatic N) is 1. The van der Waals surface area contributed by atoms with Gasteiger partial charge in [0.15, 0.2) is 5.82 Å². The Morgan fingerprint density at radius 3 is 2.53 bits per heavy atom. The van der Waals surface area contributed by atoms with Crippen LogP contribution in [0, 0.1) is 15.9 Å². The van der Waals surface area contributed by atoms with Crippen LogP contribution in [0.5, 0.6) is 0 Å². The zero-order valence-electron chi connectivity index (χ0n) is 9.49. The Morgan fingerprint density at radius 1 is 1.47 bits per heavy atom. The number of hydrogen-bond donors (Lipinski definition) is 4. The molecule has 0 aliphatic heterocycles. The van der Waals surface area contributed by atoms with E-state index in [0.717, 1.165) is 6.07 Å². The topological polar surface area (TPSA) is 147 Å². The number of carbonyl (C=O) groups is 1. The van der Waals surface area contributed by atoms with Gasteiger partial charge in [-0.15, -0.1) is 0 Å². The van der Waals surface area contributed by atoms with Crippen molar-refractivity contribution in [2.45, 2.75) is 18.6 Å². The van der Waals surface area contributed by atoms with Crippen LogP contribution in [0.25, 0.3) is 0 Å². The zero-order chi connectivity index (χ0) is 14.7. The first-order valence-electron chi connectivity index (χ1n) is 5.05. The monoisotopic (exact) mass is 274 g/mol. The number of nitrogen functional groups attached to an aromatic ring is 1. The van der Waals surface area contributed by atoms with Gasteiger partial charge in [-0.05, 0) is 0 Å². The molecular weight excluding hydrogens is 263 g/mol. The maximum absolute atomic E-state index is 13.3. The quantitative estimate of drug-likeness (QED) is 0.340. The van der Waals surface area contributed by atoms with E-state index in [1.165, 1.54) is 0 Å². The van der Waals surface area contributed by atoms with Crippen molar-refractivity contribution in [2.75, 3.05) is 5.73 Å². The highest BCUT2D eigenvalue weighted by molar-refractivity contribution is 5.67. The summed E-state index contributed by atoms with van der Waals surface area (Å²) in [6.45, 7) is 0. The predicted molar refractivity (Wildman–Crippen MR) is 60.7 cm³/mol. The van der Waals surface area contributed by atoms with Gasteiger partial charge in [0.2, 0.25) is 0 Å². The molecule has 104 valence electrons. The summed E-state index contributed by atoms with van der Waals surface area (Å²) in [6, 6.07) is 1.35. The van der Waals surface area contributed by atoms with E-state index in [2.05, 4.69) is 0 Å². The molecule has 5 N–H and O–H groups in total. The van der Waals surface area contributed by atoms with Crippen LogP contribution in [-0.2, 0) is 4.79 Å². The summed E-state index contributed by atoms with van der Waals surface area (Å²) >= 11 is 0. The standard InChI is InChI=1S/C10H11FN2O6/c11-6-2-4(13(18)19)1-5(9(6)12)10(17)7(14)3-8(15)16/h1-2,7,10,14,17H,3,12H2,(H,15,16). The summed E-state index contributed by atoms with van der Waals surface area (Å²) in [5, 5.41) is 38.1. The Labute approximate surface area is 106 Å². The van der Waals surface area contributed by atoms with Crippen molar-refractivity contribution in [1.82, 2.24) is 0 Å². The van der Waals surface area contributed by atoms with Gasteiger partial charge in [-0.1, -0.05) is 0 Å². The lowest BCUT2D eigenvalue weighted by atomic mass is 9.99. The highest BCUT2D eigenvalue weighted by Gasteiger charge is 2.26. The molecule has 0 aliphatic carbocycles. The Morgan fingerprint density at radius 2 is 2.05 bits per heavy atom. The van der Waals surface area contributed by atoms with Crippen LogP contribution >= 0.6 is 0 Å². The van der Waals surface area contributed by atoms with Gasteiger partial charge in [0.1, 0.15) is 6.10 Å². The van der Waals surface area contributed by atoms with Gasteiger partial charge in [-0.3, -0.25) is 14.9 Å². The number of rotatable bonds is 5. The van der Waals surface area contributed by atoms with Gasteiger partial charge >= 0.3 is 5.97 Å². The van der Waals surface area contributed by atoms with E-state index in [1.54, 1.807) is 0 Å². The fraction of sp³-hybridized carbons (Fsp3) is 0.300. The van der Waals surface area contributed by atoms with Gasteiger partial charge in [0.25, 0.3) is 5.69 Å². The van der Waals surface area contributed by atoms with Gasteiger partial charge in [0, 0.05) is 11.6 Å². The molecule has 9 heteroatoms. The number of nitro benzene ring substituents is 1. The summed E-state index contributed by atoms with van der Waals surface area (Å²) in [4.78, 5) is 20.0. The molecule has 19 heavy (non-hydrogen) atoms. The van der Waals surface area contributed by atoms with E-state index in [0.29, 0.717) is 6.07 Å². The second-order valence-electron chi connectivity index (χ2n) is 3.80. The first-order valence-corrected chi connectivity index (χ1v) is 5.05. The summed E-state index contributed by atoms with van der Waals surface area (Å²) in [7, 11) is 0. The minimum Gasteiger partial charge on any atom is -0.481 e. The number of benzene rings is 1. The number of aliphatic hydroxyl groups is 2. The molecule has 8 nitrogen and oxygen atoms in total. The molecule has 0 aliphatic rings. The second kappa shape index (κ2) is 5.59. The smallest absolute Gasteiger partial charge is 0.306 e. The number of aliphatic hydroxyl groups excluding tert-OH is 2. The third-order valence-corrected chi connectivity index (χ3v) is 2.42. The molecule has 2 unspecified atom stereocenters. The minimum absolute atomic E-state index is 0.430. The van der Waals surface area contributed by atoms with Crippen LogP contribution < -0.4 is 5.73 Å². The SMILES string of the molecule is Nc1c(F)cc([N+](=O)[O-])cc1C(O)C(O)CC(=O)O. The number of nitro groups is 1. The third-order valence-electron chi connectivity index (χ3n) is 2.42. The number of anilines is 1. The van der Waals surface area contributed by atoms with Gasteiger partial charge in [-0.2, -0.15) is 0 Å². The highest BCUT2D eigenvalue weighted by atomic mass is 19.1. The van der Waals surface area contributed by atoms with Gasteiger partial charge < -0.3 is 21.1 Å². The average Bonchev–Trinajstić information content (AvgIpc) is 2.30. The predicted octanol–water partition coefficient (Wildman–Crippen LogP) is 0.185. The lowest BCUT2D eigenvalue weighted by molar-refractivity contribution is -0.385. The Bertz CT molecular complexity index is 521. The van der Waals surface area contributed by atoms with Crippen LogP contribution in [0.4, 0.5) is 15.8 Å². The molecule has 0 bridgehead atoms. The van der Waals surface area contributed by atoms with Crippen molar-refractivity contribution in [3.63, 3.8) is 0 Å². The molecule has 2 atom stereocenters. The van der Waals surface area contributed by atoms with E-state index in [-0.39, 0.29) is 0 Å². The number of carboxylic acid groups (broad SMARTS) is 1. The number of non-ortho nitro benzene ring substituents is 1. The van der Waals surface area contributed by atoms with Crippen molar-refractivity contribution < 1.29 is 29.4 Å². The van der Waals surface area contributed by atoms with Crippen molar-refractivity contribution >= 4 is 17.3 Å². The number of nitrogens with two attached hydrogens (primary N) is 1. The Balaban J connectivity index is 3.18. The van der Waals surface area contributed by atoms with Crippen LogP contribution in [0.2, 0.25) is 0 Å². The summed E-state index contributed by atoms with van der Waals surface area (Å²) in [5.41, 5.74) is 3.63. The van der Waals surface area contributed by atoms with E-state index >= 15 is 0 Å². The molecular formula is C10H11FN2O6. The maximum atomic E-state index is 13.3. The molecule has 1 aromatic rings. The molecule has 0 saturated carbocycles. The number of halogens is 1. The van der Waals surface area contributed by atoms with Gasteiger partial charge in [0.05, 0.1) is 29.2 Å². The van der Waals surface area contributed by atoms with Crippen LogP contribution in [0.3, 0.4) is 0 Å². The van der Waals surface area contributed by atoms with E-state index in [9.17, 15) is 29.5 Å². The van der Waals surface area contributed by atoms with Crippen molar-refractivity contribution in [3.05, 3.63) is 33.6 Å². The summed E-state index contributed by atoms with van der Waals surface area (Å²) in [5.74, 6) is -2.53. The summed E-state index contributed by atoms with van der Waals surface area (Å²) in [6.07, 6.45) is -4.42.